The van der Waals surface area contributed by atoms with Crippen LogP contribution in [0, 0.1) is 5.92 Å². The molecule has 0 bridgehead atoms. The quantitative estimate of drug-likeness (QED) is 0.775. The first-order valence-corrected chi connectivity index (χ1v) is 7.94. The van der Waals surface area contributed by atoms with Gasteiger partial charge < -0.3 is 5.11 Å². The first kappa shape index (κ1) is 14.5. The van der Waals surface area contributed by atoms with E-state index in [4.69, 9.17) is 5.11 Å². The smallest absolute Gasteiger partial charge is 0.306 e. The number of hydrogen-bond acceptors (Lipinski definition) is 3. The van der Waals surface area contributed by atoms with E-state index in [1.807, 2.05) is 6.92 Å². The van der Waals surface area contributed by atoms with Crippen molar-refractivity contribution in [3.63, 3.8) is 0 Å². The first-order valence-electron chi connectivity index (χ1n) is 6.55. The third-order valence-electron chi connectivity index (χ3n) is 3.75. The molecule has 7 heteroatoms. The van der Waals surface area contributed by atoms with Crippen LogP contribution in [0.25, 0.3) is 0 Å². The second kappa shape index (κ2) is 5.60. The molecule has 19 heavy (non-hydrogen) atoms. The second-order valence-electron chi connectivity index (χ2n) is 5.19. The summed E-state index contributed by atoms with van der Waals surface area (Å²) >= 11 is 0. The Morgan fingerprint density at radius 3 is 2.42 bits per heavy atom. The second-order valence-corrected chi connectivity index (χ2v) is 7.12. The van der Waals surface area contributed by atoms with Gasteiger partial charge in [-0.25, -0.2) is 0 Å². The maximum Gasteiger partial charge on any atom is 0.306 e. The highest BCUT2D eigenvalue weighted by atomic mass is 32.2. The zero-order valence-corrected chi connectivity index (χ0v) is 11.9. The van der Waals surface area contributed by atoms with Crippen LogP contribution in [-0.4, -0.2) is 54.3 Å². The number of piperidine rings is 1. The molecule has 1 saturated heterocycles. The minimum atomic E-state index is -3.43. The Hall–Kier alpha value is -0.920. The van der Waals surface area contributed by atoms with Gasteiger partial charge in [0.05, 0.1) is 5.92 Å². The van der Waals surface area contributed by atoms with Crippen LogP contribution in [0.3, 0.4) is 0 Å². The van der Waals surface area contributed by atoms with Gasteiger partial charge in [-0.15, -0.1) is 0 Å². The molecule has 2 aliphatic rings. The average Bonchev–Trinajstić information content (AvgIpc) is 2.39. The average molecular weight is 288 g/mol. The van der Waals surface area contributed by atoms with Crippen molar-refractivity contribution in [2.24, 2.45) is 5.92 Å². The summed E-state index contributed by atoms with van der Waals surface area (Å²) in [7, 11) is -3.43. The highest BCUT2D eigenvalue weighted by molar-refractivity contribution is 7.86. The molecular formula is C12H20N2O4S. The fourth-order valence-corrected chi connectivity index (χ4v) is 4.27. The van der Waals surface area contributed by atoms with E-state index in [-0.39, 0.29) is 0 Å². The molecule has 0 spiro atoms. The lowest BCUT2D eigenvalue weighted by Gasteiger charge is -2.35. The van der Waals surface area contributed by atoms with Crippen molar-refractivity contribution < 1.29 is 18.3 Å². The third kappa shape index (κ3) is 3.16. The number of carboxylic acids is 1. The lowest BCUT2D eigenvalue weighted by molar-refractivity contribution is -0.142. The lowest BCUT2D eigenvalue weighted by atomic mass is 9.99. The fraction of sp³-hybridized carbons (Fsp3) is 0.750. The van der Waals surface area contributed by atoms with Gasteiger partial charge in [0.15, 0.2) is 0 Å². The van der Waals surface area contributed by atoms with Crippen LogP contribution in [0.5, 0.6) is 0 Å². The van der Waals surface area contributed by atoms with Crippen molar-refractivity contribution in [3.05, 3.63) is 11.6 Å². The molecule has 6 nitrogen and oxygen atoms in total. The van der Waals surface area contributed by atoms with Crippen LogP contribution in [0.1, 0.15) is 26.2 Å². The first-order chi connectivity index (χ1) is 8.91. The largest absolute Gasteiger partial charge is 0.481 e. The summed E-state index contributed by atoms with van der Waals surface area (Å²) in [6, 6.07) is 0. The molecule has 2 heterocycles. The SMILES string of the molecule is CC1=CCCN(S(=O)(=O)N2CCC(C(=O)O)CC2)C1. The topological polar surface area (TPSA) is 77.9 Å². The molecule has 0 atom stereocenters. The monoisotopic (exact) mass is 288 g/mol. The van der Waals surface area contributed by atoms with Crippen molar-refractivity contribution in [1.82, 2.24) is 8.61 Å². The van der Waals surface area contributed by atoms with Crippen molar-refractivity contribution in [2.45, 2.75) is 26.2 Å². The predicted molar refractivity (Wildman–Crippen MR) is 70.8 cm³/mol. The van der Waals surface area contributed by atoms with Crippen LogP contribution < -0.4 is 0 Å². The Morgan fingerprint density at radius 2 is 1.89 bits per heavy atom. The third-order valence-corrected chi connectivity index (χ3v) is 5.73. The minimum Gasteiger partial charge on any atom is -0.481 e. The maximum atomic E-state index is 12.4. The maximum absolute atomic E-state index is 12.4. The number of nitrogens with zero attached hydrogens (tertiary/aromatic N) is 2. The number of carboxylic acid groups (broad SMARTS) is 1. The molecule has 0 saturated carbocycles. The molecule has 0 radical (unpaired) electrons. The summed E-state index contributed by atoms with van der Waals surface area (Å²) in [6.45, 7) is 3.50. The molecule has 2 aliphatic heterocycles. The van der Waals surface area contributed by atoms with Gasteiger partial charge in [-0.1, -0.05) is 11.6 Å². The van der Waals surface area contributed by atoms with Crippen LogP contribution in [0.15, 0.2) is 11.6 Å². The summed E-state index contributed by atoms with van der Waals surface area (Å²) < 4.78 is 27.8. The number of rotatable bonds is 3. The van der Waals surface area contributed by atoms with E-state index in [0.29, 0.717) is 39.0 Å². The van der Waals surface area contributed by atoms with Crippen LogP contribution in [0.2, 0.25) is 0 Å². The Balaban J connectivity index is 2.02. The van der Waals surface area contributed by atoms with Gasteiger partial charge >= 0.3 is 5.97 Å². The Kier molecular flexibility index (Phi) is 4.27. The zero-order chi connectivity index (χ0) is 14.0. The standard InChI is InChI=1S/C12H20N2O4S/c1-10-3-2-6-14(9-10)19(17,18)13-7-4-11(5-8-13)12(15)16/h3,11H,2,4-9H2,1H3,(H,15,16). The van der Waals surface area contributed by atoms with E-state index in [2.05, 4.69) is 6.08 Å². The van der Waals surface area contributed by atoms with Gasteiger partial charge in [-0.3, -0.25) is 4.79 Å². The highest BCUT2D eigenvalue weighted by Crippen LogP contribution is 2.23. The van der Waals surface area contributed by atoms with Gasteiger partial charge in [0.25, 0.3) is 10.2 Å². The summed E-state index contributed by atoms with van der Waals surface area (Å²) in [5.41, 5.74) is 1.07. The van der Waals surface area contributed by atoms with E-state index in [1.165, 1.54) is 8.61 Å². The minimum absolute atomic E-state index is 0.304. The van der Waals surface area contributed by atoms with Gasteiger partial charge in [-0.2, -0.15) is 17.0 Å². The molecule has 1 N–H and O–H groups in total. The molecule has 2 rings (SSSR count). The predicted octanol–water partition coefficient (Wildman–Crippen LogP) is 0.680. The van der Waals surface area contributed by atoms with Crippen LogP contribution >= 0.6 is 0 Å². The van der Waals surface area contributed by atoms with Gasteiger partial charge in [0.1, 0.15) is 0 Å². The molecule has 0 unspecified atom stereocenters. The fourth-order valence-electron chi connectivity index (χ4n) is 2.57. The summed E-state index contributed by atoms with van der Waals surface area (Å²) in [6.07, 6.45) is 3.60. The molecule has 0 aromatic heterocycles. The number of carbonyl (C=O) groups is 1. The van der Waals surface area contributed by atoms with Crippen LogP contribution in [-0.2, 0) is 15.0 Å². The van der Waals surface area contributed by atoms with Gasteiger partial charge in [-0.05, 0) is 26.2 Å². The Labute approximate surface area is 113 Å². The number of hydrogen-bond donors (Lipinski definition) is 1. The normalized spacial score (nSPS) is 24.2. The Morgan fingerprint density at radius 1 is 1.26 bits per heavy atom. The zero-order valence-electron chi connectivity index (χ0n) is 11.1. The van der Waals surface area contributed by atoms with E-state index in [9.17, 15) is 13.2 Å². The van der Waals surface area contributed by atoms with Crippen molar-refractivity contribution >= 4 is 16.2 Å². The number of aliphatic carboxylic acids is 1. The summed E-state index contributed by atoms with van der Waals surface area (Å²) in [4.78, 5) is 10.9. The molecule has 0 aromatic rings. The molecule has 0 aliphatic carbocycles. The molecule has 108 valence electrons. The van der Waals surface area contributed by atoms with E-state index >= 15 is 0 Å². The molecule has 1 fully saturated rings. The molecule has 0 amide bonds. The highest BCUT2D eigenvalue weighted by Gasteiger charge is 2.35. The summed E-state index contributed by atoms with van der Waals surface area (Å²) in [5, 5.41) is 8.92. The summed E-state index contributed by atoms with van der Waals surface area (Å²) in [5.74, 6) is -1.23. The lowest BCUT2D eigenvalue weighted by Crippen LogP contribution is -2.49. The molecule has 0 aromatic carbocycles. The van der Waals surface area contributed by atoms with E-state index < -0.39 is 22.1 Å². The van der Waals surface area contributed by atoms with Crippen molar-refractivity contribution in [1.29, 1.82) is 0 Å². The van der Waals surface area contributed by atoms with Gasteiger partial charge in [0, 0.05) is 26.2 Å². The molecular weight excluding hydrogens is 268 g/mol. The van der Waals surface area contributed by atoms with Gasteiger partial charge in [0.2, 0.25) is 0 Å². The van der Waals surface area contributed by atoms with Crippen molar-refractivity contribution in [3.8, 4) is 0 Å². The van der Waals surface area contributed by atoms with E-state index in [0.717, 1.165) is 12.0 Å². The Bertz CT molecular complexity index is 478. The van der Waals surface area contributed by atoms with Crippen LogP contribution in [0.4, 0.5) is 0 Å². The van der Waals surface area contributed by atoms with E-state index in [1.54, 1.807) is 0 Å². The van der Waals surface area contributed by atoms with Crippen molar-refractivity contribution in [2.75, 3.05) is 26.2 Å².